The molecule has 0 spiro atoms. The van der Waals surface area contributed by atoms with Crippen molar-refractivity contribution in [3.63, 3.8) is 0 Å². The molecule has 6 nitrogen and oxygen atoms in total. The maximum absolute atomic E-state index is 13.3. The summed E-state index contributed by atoms with van der Waals surface area (Å²) in [6.07, 6.45) is 11.8. The maximum Gasteiger partial charge on any atom is 0.250 e. The van der Waals surface area contributed by atoms with Crippen LogP contribution in [-0.4, -0.2) is 21.3 Å². The smallest absolute Gasteiger partial charge is 0.250 e. The molecule has 0 aliphatic heterocycles. The number of nitrogens with zero attached hydrogens (tertiary/aromatic N) is 1. The highest BCUT2D eigenvalue weighted by Gasteiger charge is 2.69. The number of rotatable bonds is 1. The molecule has 1 amide bonds. The number of nitrogen functional groups attached to an aromatic ring is 1. The molecule has 6 heteroatoms. The van der Waals surface area contributed by atoms with Crippen LogP contribution in [0.25, 0.3) is 0 Å². The second kappa shape index (κ2) is 7.43. The second-order valence-corrected chi connectivity index (χ2v) is 15.7. The Balaban J connectivity index is 1.47. The van der Waals surface area contributed by atoms with Crippen LogP contribution in [0.2, 0.25) is 0 Å². The molecular weight excluding hydrogens is 460 g/mol. The monoisotopic (exact) mass is 508 g/mol. The Morgan fingerprint density at radius 1 is 1.05 bits per heavy atom. The number of fused-ring (bicyclic) bond motifs is 8. The first-order valence-corrected chi connectivity index (χ1v) is 14.6. The minimum Gasteiger partial charge on any atom is -0.384 e. The first kappa shape index (κ1) is 25.5. The summed E-state index contributed by atoms with van der Waals surface area (Å²) >= 11 is 0. The molecule has 0 aromatic carbocycles. The molecule has 7 atom stereocenters. The number of hydrogen-bond acceptors (Lipinski definition) is 4. The van der Waals surface area contributed by atoms with E-state index in [-0.39, 0.29) is 38.9 Å². The van der Waals surface area contributed by atoms with E-state index in [1.807, 2.05) is 0 Å². The zero-order valence-corrected chi connectivity index (χ0v) is 24.1. The van der Waals surface area contributed by atoms with Crippen molar-refractivity contribution in [2.45, 2.75) is 112 Å². The van der Waals surface area contributed by atoms with E-state index < -0.39 is 5.41 Å². The van der Waals surface area contributed by atoms with E-state index in [1.165, 1.54) is 29.7 Å². The highest BCUT2D eigenvalue weighted by atomic mass is 16.5. The van der Waals surface area contributed by atoms with E-state index in [1.54, 1.807) is 0 Å². The quantitative estimate of drug-likeness (QED) is 0.203. The van der Waals surface area contributed by atoms with Crippen molar-refractivity contribution in [1.82, 2.24) is 15.7 Å². The number of allylic oxidation sites excluding steroid dienone is 2. The zero-order chi connectivity index (χ0) is 26.8. The Hall–Kier alpha value is -1.82. The van der Waals surface area contributed by atoms with Crippen molar-refractivity contribution in [1.29, 1.82) is 0 Å². The van der Waals surface area contributed by atoms with Crippen molar-refractivity contribution in [3.05, 3.63) is 22.9 Å². The van der Waals surface area contributed by atoms with Gasteiger partial charge in [0.1, 0.15) is 5.82 Å². The summed E-state index contributed by atoms with van der Waals surface area (Å²) in [4.78, 5) is 13.3. The lowest BCUT2D eigenvalue weighted by molar-refractivity contribution is -0.171. The van der Waals surface area contributed by atoms with Crippen molar-refractivity contribution in [2.75, 3.05) is 5.73 Å². The molecule has 1 aromatic rings. The largest absolute Gasteiger partial charge is 0.384 e. The molecule has 6 rings (SSSR count). The Kier molecular flexibility index (Phi) is 5.11. The van der Waals surface area contributed by atoms with Gasteiger partial charge in [0.2, 0.25) is 5.91 Å². The summed E-state index contributed by atoms with van der Waals surface area (Å²) in [6, 6.07) is 0. The van der Waals surface area contributed by atoms with Gasteiger partial charge in [-0.3, -0.25) is 15.1 Å². The van der Waals surface area contributed by atoms with E-state index in [9.17, 15) is 10.0 Å². The number of hydrogen-bond donors (Lipinski definition) is 4. The molecule has 204 valence electrons. The molecule has 0 bridgehead atoms. The number of hydroxylamine groups is 1. The first-order chi connectivity index (χ1) is 17.2. The third kappa shape index (κ3) is 2.97. The predicted octanol–water partition coefficient (Wildman–Crippen LogP) is 6.31. The fraction of sp³-hybridized carbons (Fsp3) is 0.806. The molecule has 37 heavy (non-hydrogen) atoms. The first-order valence-electron chi connectivity index (χ1n) is 14.6. The third-order valence-corrected chi connectivity index (χ3v) is 13.4. The average molecular weight is 509 g/mol. The summed E-state index contributed by atoms with van der Waals surface area (Å²) in [7, 11) is 0. The molecule has 3 saturated carbocycles. The lowest BCUT2D eigenvalue weighted by Crippen LogP contribution is -2.65. The fourth-order valence-electron chi connectivity index (χ4n) is 11.2. The van der Waals surface area contributed by atoms with E-state index in [2.05, 4.69) is 65.1 Å². The summed E-state index contributed by atoms with van der Waals surface area (Å²) in [5.74, 6) is 1.89. The molecule has 1 heterocycles. The van der Waals surface area contributed by atoms with Crippen LogP contribution in [0.3, 0.4) is 0 Å². The molecule has 3 unspecified atom stereocenters. The van der Waals surface area contributed by atoms with Crippen LogP contribution < -0.4 is 11.2 Å². The van der Waals surface area contributed by atoms with Gasteiger partial charge in [-0.1, -0.05) is 60.1 Å². The minimum absolute atomic E-state index is 0.0169. The molecule has 0 saturated heterocycles. The van der Waals surface area contributed by atoms with Gasteiger partial charge in [0.25, 0.3) is 0 Å². The highest BCUT2D eigenvalue weighted by molar-refractivity contribution is 5.83. The van der Waals surface area contributed by atoms with Crippen molar-refractivity contribution in [3.8, 4) is 0 Å². The third-order valence-electron chi connectivity index (χ3n) is 13.4. The molecule has 3 fully saturated rings. The van der Waals surface area contributed by atoms with Gasteiger partial charge in [0.05, 0.1) is 11.1 Å². The normalized spacial score (nSPS) is 45.3. The Labute approximate surface area is 222 Å². The van der Waals surface area contributed by atoms with E-state index in [4.69, 9.17) is 10.8 Å². The molecular formula is C31H48N4O2. The number of H-pyrrole nitrogens is 1. The minimum atomic E-state index is -0.479. The predicted molar refractivity (Wildman–Crippen MR) is 146 cm³/mol. The highest BCUT2D eigenvalue weighted by Crippen LogP contribution is 2.75. The second-order valence-electron chi connectivity index (χ2n) is 15.7. The van der Waals surface area contributed by atoms with Crippen LogP contribution in [0.1, 0.15) is 111 Å². The van der Waals surface area contributed by atoms with E-state index in [0.29, 0.717) is 11.8 Å². The summed E-state index contributed by atoms with van der Waals surface area (Å²) in [5, 5.41) is 17.6. The lowest BCUT2D eigenvalue weighted by atomic mass is 9.33. The number of anilines is 1. The van der Waals surface area contributed by atoms with E-state index >= 15 is 0 Å². The van der Waals surface area contributed by atoms with Gasteiger partial charge in [-0.2, -0.15) is 5.10 Å². The van der Waals surface area contributed by atoms with Crippen LogP contribution in [0.15, 0.2) is 11.6 Å². The Morgan fingerprint density at radius 3 is 2.46 bits per heavy atom. The van der Waals surface area contributed by atoms with Gasteiger partial charge in [-0.25, -0.2) is 5.48 Å². The van der Waals surface area contributed by atoms with Gasteiger partial charge in [0.15, 0.2) is 0 Å². The van der Waals surface area contributed by atoms with Gasteiger partial charge in [-0.05, 0) is 97.2 Å². The number of aromatic nitrogens is 2. The number of aromatic amines is 1. The van der Waals surface area contributed by atoms with Gasteiger partial charge < -0.3 is 5.73 Å². The molecule has 5 N–H and O–H groups in total. The van der Waals surface area contributed by atoms with Gasteiger partial charge >= 0.3 is 0 Å². The fourth-order valence-corrected chi connectivity index (χ4v) is 11.2. The standard InChI is InChI=1S/C31H48N4O2/c1-26(2)12-14-31(25(36)35-37)15-13-29(6)19(20(31)17-26)8-9-22-28(5)16-18-23(33-34-24(18)32)27(3,4)21(28)10-11-30(22,29)7/h8,20-22,37H,9-17H2,1-7H3,(H,35,36)(H3,32,33,34)/t20?,21?,22?,28-,29+,30+,31-/m0/s1. The van der Waals surface area contributed by atoms with Crippen molar-refractivity contribution in [2.24, 2.45) is 44.8 Å². The average Bonchev–Trinajstić information content (AvgIpc) is 3.19. The molecule has 0 radical (unpaired) electrons. The number of carbonyl (C=O) groups is 1. The van der Waals surface area contributed by atoms with Crippen LogP contribution >= 0.6 is 0 Å². The summed E-state index contributed by atoms with van der Waals surface area (Å²) < 4.78 is 0. The number of nitrogens with one attached hydrogen (secondary N) is 2. The molecule has 5 aliphatic rings. The van der Waals surface area contributed by atoms with Crippen LogP contribution in [-0.2, 0) is 16.6 Å². The molecule has 1 aromatic heterocycles. The molecule has 5 aliphatic carbocycles. The summed E-state index contributed by atoms with van der Waals surface area (Å²) in [5.41, 5.74) is 12.5. The van der Waals surface area contributed by atoms with Crippen LogP contribution in [0.4, 0.5) is 5.82 Å². The summed E-state index contributed by atoms with van der Waals surface area (Å²) in [6.45, 7) is 17.1. The maximum atomic E-state index is 13.3. The topological polar surface area (TPSA) is 104 Å². The van der Waals surface area contributed by atoms with E-state index in [0.717, 1.165) is 50.8 Å². The van der Waals surface area contributed by atoms with Crippen molar-refractivity contribution >= 4 is 11.7 Å². The number of carbonyl (C=O) groups excluding carboxylic acids is 1. The van der Waals surface area contributed by atoms with Gasteiger partial charge in [-0.15, -0.1) is 0 Å². The van der Waals surface area contributed by atoms with Crippen molar-refractivity contribution < 1.29 is 10.0 Å². The Morgan fingerprint density at radius 2 is 1.76 bits per heavy atom. The van der Waals surface area contributed by atoms with Crippen LogP contribution in [0.5, 0.6) is 0 Å². The SMILES string of the molecule is CC1(C)CC[C@]2(C(=O)NO)CC[C@]3(C)C(=CCC4[C@@]5(C)Cc6c(n[nH]c6N)C(C)(C)C5CC[C@]43C)C2C1. The van der Waals surface area contributed by atoms with Gasteiger partial charge in [0, 0.05) is 11.0 Å². The number of nitrogens with two attached hydrogens (primary N) is 1. The Bertz CT molecular complexity index is 1180. The number of amides is 1. The zero-order valence-electron chi connectivity index (χ0n) is 24.1. The lowest BCUT2D eigenvalue weighted by Gasteiger charge is -2.70. The van der Waals surface area contributed by atoms with Crippen LogP contribution in [0, 0.1) is 44.8 Å².